The van der Waals surface area contributed by atoms with Crippen LogP contribution >= 0.6 is 0 Å². The zero-order chi connectivity index (χ0) is 103. The molecule has 3 fully saturated rings. The van der Waals surface area contributed by atoms with Crippen LogP contribution in [0.5, 0.6) is 0 Å². The zero-order valence-electron chi connectivity index (χ0n) is 79.0. The Kier molecular flexibility index (Phi) is 53.3. The monoisotopic (exact) mass is 1950 g/mol. The number of carbonyl (C=O) groups is 22. The van der Waals surface area contributed by atoms with Gasteiger partial charge in [0.05, 0.1) is 25.9 Å². The molecule has 137 heavy (non-hydrogen) atoms. The SMILES string of the molecule is CC(C)[C@H](NC(=O)[C@@H]1CCCN1C(=O)[C@H](CO)NC(=O)[C@H](CCCCN)NC(=O)[C@H](C)NC(=O)[C@H](CCC(=O)O)NC(=O)[C@H](CCC(=O)O)NC(=O)[C@H](CCCCN)NC(=O)[C@@H](NC(=O)[C@@H]1CCCN1C(=O)[C@H](CO)NC(=O)[C@H](CCCCN)NC(=O)[C@H](C)NC(=O)[C@H](CCC(=O)O)NC(=O)[C@H](C)NC(=O)[C@@H]1CCCN1C(=O)[C@H](CO)NC(=O)[C@H](CCCCN)NC(=O)[C@H](C)N)C(C)C)C(=O)O. The summed E-state index contributed by atoms with van der Waals surface area (Å²) in [6.45, 7) is 8.57. The van der Waals surface area contributed by atoms with E-state index >= 15 is 0 Å². The van der Waals surface area contributed by atoms with E-state index < -0.39 is 315 Å². The number of hydrogen-bond acceptors (Lipinski definition) is 30. The van der Waals surface area contributed by atoms with Crippen LogP contribution in [0.25, 0.3) is 0 Å². The third-order valence-corrected chi connectivity index (χ3v) is 23.2. The lowest BCUT2D eigenvalue weighted by molar-refractivity contribution is -0.146. The summed E-state index contributed by atoms with van der Waals surface area (Å²) in [6.07, 6.45) is -1.45. The van der Waals surface area contributed by atoms with Gasteiger partial charge in [0, 0.05) is 38.9 Å². The summed E-state index contributed by atoms with van der Waals surface area (Å²) in [5, 5.41) is 107. The van der Waals surface area contributed by atoms with Gasteiger partial charge in [-0.15, -0.1) is 0 Å². The molecular formula is C85H145N23O29. The number of likely N-dealkylation sites (tertiary alicyclic amines) is 3. The summed E-state index contributed by atoms with van der Waals surface area (Å²) in [5.74, 6) is -24.7. The molecule has 0 unspecified atom stereocenters. The van der Waals surface area contributed by atoms with Gasteiger partial charge < -0.3 is 159 Å². The lowest BCUT2D eigenvalue weighted by atomic mass is 10.0. The van der Waals surface area contributed by atoms with Crippen molar-refractivity contribution in [2.45, 2.75) is 324 Å². The normalized spacial score (nSPS) is 18.1. The van der Waals surface area contributed by atoms with Crippen LogP contribution in [-0.2, 0) is 105 Å². The van der Waals surface area contributed by atoms with Crippen molar-refractivity contribution in [2.75, 3.05) is 65.6 Å². The number of carboxylic acids is 4. The van der Waals surface area contributed by atoms with E-state index in [0.717, 1.165) is 21.6 Å². The van der Waals surface area contributed by atoms with Crippen molar-refractivity contribution in [3.63, 3.8) is 0 Å². The Balaban J connectivity index is 1.80. The van der Waals surface area contributed by atoms with Gasteiger partial charge in [-0.2, -0.15) is 0 Å². The summed E-state index contributed by atoms with van der Waals surface area (Å²) in [6, 6.07) is -28.5. The molecule has 19 atom stereocenters. The topological polar surface area (TPSA) is 837 Å². The number of carbonyl (C=O) groups excluding carboxylic acids is 18. The van der Waals surface area contributed by atoms with Gasteiger partial charge in [0.25, 0.3) is 0 Å². The number of hydrogen-bond donors (Lipinski definition) is 27. The van der Waals surface area contributed by atoms with Crippen LogP contribution in [0.2, 0.25) is 0 Å². The molecule has 0 radical (unpaired) electrons. The largest absolute Gasteiger partial charge is 0.481 e. The summed E-state index contributed by atoms with van der Waals surface area (Å²) in [4.78, 5) is 302. The zero-order valence-corrected chi connectivity index (χ0v) is 79.0. The minimum absolute atomic E-state index is 0.00307. The average molecular weight is 1950 g/mol. The van der Waals surface area contributed by atoms with Crippen molar-refractivity contribution >= 4 is 130 Å². The third-order valence-electron chi connectivity index (χ3n) is 23.2. The molecule has 3 aliphatic heterocycles. The molecule has 0 aromatic carbocycles. The van der Waals surface area contributed by atoms with Gasteiger partial charge >= 0.3 is 23.9 Å². The summed E-state index contributed by atoms with van der Waals surface area (Å²) < 4.78 is 0. The fraction of sp³-hybridized carbons (Fsp3) is 0.741. The fourth-order valence-corrected chi connectivity index (χ4v) is 15.2. The molecule has 0 bridgehead atoms. The summed E-state index contributed by atoms with van der Waals surface area (Å²) >= 11 is 0. The van der Waals surface area contributed by atoms with E-state index in [0.29, 0.717) is 32.1 Å². The smallest absolute Gasteiger partial charge is 0.326 e. The van der Waals surface area contributed by atoms with E-state index in [1.54, 1.807) is 13.8 Å². The highest BCUT2D eigenvalue weighted by atomic mass is 16.4. The standard InChI is InChI=1S/C85H145N23O29/c1-43(2)65(81(132)100-52(23-12-16-36-89)73(124)99-55(29-32-64(116)117)77(128)98-54(28-31-63(114)115)72(123)92-47(7)69(120)96-51(22-11-15-35-88)76(127)103-58(42-111)84(135)108-39-19-26-61(108)80(131)105-66(44(3)4)85(136)137)104-79(130)60-25-18-38-107(60)83(134)57(41-110)102-75(126)50(21-10-14-34-87)95-68(119)46(6)91-71(122)53(27-30-62(112)113)97-70(121)48(8)93-78(129)59-24-17-37-106(59)82(133)56(40-109)101-74(125)49(20-9-13-33-86)94-67(118)45(5)90/h43-61,65-66,109-111H,9-42,86-90H2,1-8H3,(H,91,122)(H,92,123)(H,93,129)(H,94,118)(H,95,119)(H,96,120)(H,97,121)(H,98,128)(H,99,124)(H,100,132)(H,101,125)(H,102,126)(H,103,127)(H,104,130)(H,105,131)(H,112,113)(H,114,115)(H,116,117)(H,136,137)/t45-,46-,47-,48-,49-,50-,51-,52-,53-,54-,55-,56-,57-,58-,59-,60-,61-,65-,66-/m0/s1. The molecule has 18 amide bonds. The summed E-state index contributed by atoms with van der Waals surface area (Å²) in [5.41, 5.74) is 28.5. The molecule has 52 heteroatoms. The van der Waals surface area contributed by atoms with E-state index in [9.17, 15) is 141 Å². The number of amides is 18. The predicted molar refractivity (Wildman–Crippen MR) is 485 cm³/mol. The lowest BCUT2D eigenvalue weighted by Gasteiger charge is -2.31. The molecule has 0 saturated carbocycles. The van der Waals surface area contributed by atoms with E-state index in [2.05, 4.69) is 79.8 Å². The highest BCUT2D eigenvalue weighted by Crippen LogP contribution is 2.24. The second-order valence-electron chi connectivity index (χ2n) is 34.9. The summed E-state index contributed by atoms with van der Waals surface area (Å²) in [7, 11) is 0. The molecular weight excluding hydrogens is 1810 g/mol. The molecule has 3 aliphatic rings. The molecule has 0 aliphatic carbocycles. The van der Waals surface area contributed by atoms with Crippen LogP contribution in [0.3, 0.4) is 0 Å². The minimum Gasteiger partial charge on any atom is -0.481 e. The van der Waals surface area contributed by atoms with Crippen molar-refractivity contribution in [3.8, 4) is 0 Å². The highest BCUT2D eigenvalue weighted by Gasteiger charge is 2.46. The van der Waals surface area contributed by atoms with Crippen LogP contribution < -0.4 is 108 Å². The Morgan fingerprint density at radius 1 is 0.277 bits per heavy atom. The van der Waals surface area contributed by atoms with Crippen molar-refractivity contribution in [3.05, 3.63) is 0 Å². The van der Waals surface area contributed by atoms with E-state index in [-0.39, 0.29) is 129 Å². The maximum Gasteiger partial charge on any atom is 0.326 e. The van der Waals surface area contributed by atoms with Gasteiger partial charge in [0.1, 0.15) is 109 Å². The molecule has 0 aromatic heterocycles. The molecule has 774 valence electrons. The molecule has 0 aromatic rings. The van der Waals surface area contributed by atoms with Gasteiger partial charge in [-0.05, 0) is 201 Å². The Bertz CT molecular complexity index is 4130. The first-order valence-electron chi connectivity index (χ1n) is 46.4. The maximum absolute atomic E-state index is 14.5. The Hall–Kier alpha value is -12.0. The first-order valence-corrected chi connectivity index (χ1v) is 46.4. The number of carboxylic acid groups (broad SMARTS) is 4. The van der Waals surface area contributed by atoms with Crippen LogP contribution in [0.4, 0.5) is 0 Å². The molecule has 3 rings (SSSR count). The van der Waals surface area contributed by atoms with Crippen molar-refractivity contribution < 1.29 is 141 Å². The maximum atomic E-state index is 14.5. The van der Waals surface area contributed by atoms with Gasteiger partial charge in [-0.25, -0.2) is 4.79 Å². The Labute approximate surface area is 793 Å². The lowest BCUT2D eigenvalue weighted by Crippen LogP contribution is -2.61. The van der Waals surface area contributed by atoms with Crippen molar-refractivity contribution in [1.82, 2.24) is 94.5 Å². The highest BCUT2D eigenvalue weighted by molar-refractivity contribution is 6.02. The van der Waals surface area contributed by atoms with Crippen molar-refractivity contribution in [1.29, 1.82) is 0 Å². The number of aliphatic hydroxyl groups is 3. The fourth-order valence-electron chi connectivity index (χ4n) is 15.2. The second-order valence-corrected chi connectivity index (χ2v) is 34.9. The minimum atomic E-state index is -1.86. The van der Waals surface area contributed by atoms with Crippen LogP contribution in [-0.4, -0.2) is 361 Å². The van der Waals surface area contributed by atoms with Gasteiger partial charge in [0.15, 0.2) is 0 Å². The van der Waals surface area contributed by atoms with Gasteiger partial charge in [-0.1, -0.05) is 27.7 Å². The first kappa shape index (κ1) is 119. The third kappa shape index (κ3) is 39.9. The molecule has 52 nitrogen and oxygen atoms in total. The van der Waals surface area contributed by atoms with Crippen LogP contribution in [0.1, 0.15) is 209 Å². The van der Waals surface area contributed by atoms with E-state index in [1.165, 1.54) is 34.6 Å². The Morgan fingerprint density at radius 3 is 0.752 bits per heavy atom. The predicted octanol–water partition coefficient (Wildman–Crippen LogP) is -9.88. The quantitative estimate of drug-likeness (QED) is 0.0251. The van der Waals surface area contributed by atoms with Crippen LogP contribution in [0.15, 0.2) is 0 Å². The molecule has 3 saturated heterocycles. The van der Waals surface area contributed by atoms with Crippen LogP contribution in [0, 0.1) is 11.8 Å². The number of aliphatic carboxylic acids is 4. The number of nitrogens with one attached hydrogen (secondary N) is 15. The first-order chi connectivity index (χ1) is 64.7. The number of nitrogens with zero attached hydrogens (tertiary/aromatic N) is 3. The number of nitrogens with two attached hydrogens (primary N) is 5. The molecule has 32 N–H and O–H groups in total. The second kappa shape index (κ2) is 61.3. The Morgan fingerprint density at radius 2 is 0.504 bits per heavy atom. The van der Waals surface area contributed by atoms with E-state index in [1.807, 2.05) is 0 Å². The number of unbranched alkanes of at least 4 members (excludes halogenated alkanes) is 4. The van der Waals surface area contributed by atoms with Gasteiger partial charge in [-0.3, -0.25) is 101 Å². The number of rotatable bonds is 64. The van der Waals surface area contributed by atoms with E-state index in [4.69, 9.17) is 28.7 Å². The van der Waals surface area contributed by atoms with Crippen molar-refractivity contribution in [2.24, 2.45) is 40.5 Å². The molecule has 0 spiro atoms. The van der Waals surface area contributed by atoms with Gasteiger partial charge in [0.2, 0.25) is 106 Å². The number of aliphatic hydroxyl groups excluding tert-OH is 3. The average Bonchev–Trinajstić information content (AvgIpc) is 1.76. The molecule has 3 heterocycles.